The van der Waals surface area contributed by atoms with Gasteiger partial charge >= 0.3 is 29.6 Å². The van der Waals surface area contributed by atoms with Crippen molar-refractivity contribution >= 4 is 41.2 Å². The van der Waals surface area contributed by atoms with Crippen LogP contribution in [0.3, 0.4) is 0 Å². The van der Waals surface area contributed by atoms with Crippen molar-refractivity contribution in [3.8, 4) is 0 Å². The van der Waals surface area contributed by atoms with Crippen LogP contribution in [-0.2, 0) is 9.59 Å². The molecule has 4 rings (SSSR count). The number of fused-ring (bicyclic) bond motifs is 1. The van der Waals surface area contributed by atoms with Crippen LogP contribution in [0.25, 0.3) is 0 Å². The molecule has 1 aromatic rings. The maximum atomic E-state index is 12.4. The maximum absolute atomic E-state index is 12.4. The number of hydrogen-bond donors (Lipinski definition) is 1. The second kappa shape index (κ2) is 10.4. The molecule has 3 aliphatic heterocycles. The van der Waals surface area contributed by atoms with E-state index in [0.717, 1.165) is 13.0 Å². The summed E-state index contributed by atoms with van der Waals surface area (Å²) in [5.41, 5.74) is 0.615. The Hall–Kier alpha value is -0.810. The van der Waals surface area contributed by atoms with Crippen molar-refractivity contribution < 1.29 is 54.2 Å². The third-order valence-electron chi connectivity index (χ3n) is 5.74. The van der Waals surface area contributed by atoms with Gasteiger partial charge in [-0.25, -0.2) is 0 Å². The topological polar surface area (TPSA) is 101 Å². The van der Waals surface area contributed by atoms with Gasteiger partial charge in [0.1, 0.15) is 5.37 Å². The molecule has 0 aliphatic carbocycles. The summed E-state index contributed by atoms with van der Waals surface area (Å²) >= 11 is 2.77. The quantitative estimate of drug-likeness (QED) is 0.262. The monoisotopic (exact) mass is 470 g/mol. The minimum absolute atomic E-state index is 0. The van der Waals surface area contributed by atoms with Gasteiger partial charge < -0.3 is 15.0 Å². The molecule has 0 spiro atoms. The maximum Gasteiger partial charge on any atom is 1.00 e. The van der Waals surface area contributed by atoms with E-state index >= 15 is 0 Å². The number of aliphatic hydroxyl groups excluding tert-OH is 1. The molecule has 2 saturated heterocycles. The zero-order valence-electron chi connectivity index (χ0n) is 17.5. The minimum atomic E-state index is -1.36. The van der Waals surface area contributed by atoms with Gasteiger partial charge in [-0.2, -0.15) is 0 Å². The van der Waals surface area contributed by atoms with Crippen LogP contribution in [0.2, 0.25) is 0 Å². The van der Waals surface area contributed by atoms with Crippen LogP contribution in [0.1, 0.15) is 30.1 Å². The molecule has 1 aromatic carbocycles. The number of carboxylic acid groups (broad SMARTS) is 1. The van der Waals surface area contributed by atoms with E-state index in [0.29, 0.717) is 29.3 Å². The number of amides is 1. The van der Waals surface area contributed by atoms with E-state index in [-0.39, 0.29) is 57.6 Å². The van der Waals surface area contributed by atoms with Crippen LogP contribution in [0.15, 0.2) is 40.3 Å². The van der Waals surface area contributed by atoms with Crippen LogP contribution in [0, 0.1) is 5.92 Å². The second-order valence-electron chi connectivity index (χ2n) is 7.69. The number of β-lactam (4-membered cyclic amide) rings is 1. The molecule has 31 heavy (non-hydrogen) atoms. The van der Waals surface area contributed by atoms with Gasteiger partial charge in [-0.1, -0.05) is 49.0 Å². The molecule has 160 valence electrons. The summed E-state index contributed by atoms with van der Waals surface area (Å²) in [6.45, 7) is 3.57. The number of nitrogens with zero attached hydrogens (tertiary/aromatic N) is 2. The fourth-order valence-corrected chi connectivity index (χ4v) is 7.40. The number of carbonyl (C=O) groups excluding carboxylic acids is 3. The standard InChI is InChI=1S/C21H24N2O5S2.Na/c1-2-14(24)16-18(26)23-17(20(27)28)21(30-19(16)23)29-13-8-9-22(10-13)11-15(25)12-6-4-3-5-7-12;/h3-7,13-14,16,19,24H,2,8-11H2,1H3,(H,27,28);/q;+1/p-1/t13-,14+,16-,19-;/m1./s1. The molecule has 2 fully saturated rings. The van der Waals surface area contributed by atoms with E-state index in [1.807, 2.05) is 18.2 Å². The van der Waals surface area contributed by atoms with Crippen LogP contribution in [-0.4, -0.2) is 68.9 Å². The van der Waals surface area contributed by atoms with E-state index in [2.05, 4.69) is 4.90 Å². The van der Waals surface area contributed by atoms with Gasteiger partial charge in [0.25, 0.3) is 0 Å². The zero-order valence-corrected chi connectivity index (χ0v) is 21.2. The van der Waals surface area contributed by atoms with Crippen molar-refractivity contribution in [2.24, 2.45) is 5.92 Å². The molecular formula is C21H23N2NaO5S2. The van der Waals surface area contributed by atoms with Gasteiger partial charge in [0.15, 0.2) is 5.78 Å². The number of thioether (sulfide) groups is 2. The van der Waals surface area contributed by atoms with Crippen molar-refractivity contribution in [2.45, 2.75) is 36.5 Å². The van der Waals surface area contributed by atoms with Crippen molar-refractivity contribution in [1.29, 1.82) is 0 Å². The van der Waals surface area contributed by atoms with Crippen molar-refractivity contribution in [2.75, 3.05) is 19.6 Å². The first-order chi connectivity index (χ1) is 14.4. The number of Topliss-reactive ketones (excluding diaryl/α,β-unsaturated/α-hetero) is 1. The molecule has 3 aliphatic rings. The fraction of sp³-hybridized carbons (Fsp3) is 0.476. The van der Waals surface area contributed by atoms with Crippen LogP contribution in [0.4, 0.5) is 0 Å². The van der Waals surface area contributed by atoms with Crippen molar-refractivity contribution in [1.82, 2.24) is 9.80 Å². The van der Waals surface area contributed by atoms with Gasteiger partial charge in [0.05, 0.1) is 34.5 Å². The number of carboxylic acids is 1. The summed E-state index contributed by atoms with van der Waals surface area (Å²) in [4.78, 5) is 39.9. The molecule has 0 radical (unpaired) electrons. The summed E-state index contributed by atoms with van der Waals surface area (Å²) < 4.78 is 0.570. The number of aliphatic carboxylic acids is 1. The first-order valence-electron chi connectivity index (χ1n) is 10.0. The summed E-state index contributed by atoms with van der Waals surface area (Å²) in [6, 6.07) is 9.17. The predicted octanol–water partition coefficient (Wildman–Crippen LogP) is -2.10. The summed E-state index contributed by atoms with van der Waals surface area (Å²) in [5.74, 6) is -2.22. The summed E-state index contributed by atoms with van der Waals surface area (Å²) in [5, 5.41) is 21.6. The van der Waals surface area contributed by atoms with Gasteiger partial charge in [0.2, 0.25) is 5.91 Å². The second-order valence-corrected chi connectivity index (χ2v) is 10.4. The molecule has 7 nitrogen and oxygen atoms in total. The largest absolute Gasteiger partial charge is 1.00 e. The van der Waals surface area contributed by atoms with E-state index < -0.39 is 18.0 Å². The Balaban J connectivity index is 0.00000272. The first kappa shape index (κ1) is 24.8. The molecule has 1 N–H and O–H groups in total. The van der Waals surface area contributed by atoms with Crippen molar-refractivity contribution in [3.05, 3.63) is 45.8 Å². The Morgan fingerprint density at radius 1 is 1.32 bits per heavy atom. The Labute approximate surface area is 211 Å². The van der Waals surface area contributed by atoms with E-state index in [1.165, 1.54) is 28.4 Å². The average Bonchev–Trinajstić information content (AvgIpc) is 3.31. The fourth-order valence-electron chi connectivity index (χ4n) is 4.09. The van der Waals surface area contributed by atoms with Gasteiger partial charge in [-0.05, 0) is 19.4 Å². The van der Waals surface area contributed by atoms with Crippen molar-refractivity contribution in [3.63, 3.8) is 0 Å². The molecule has 4 atom stereocenters. The van der Waals surface area contributed by atoms with Gasteiger partial charge in [-0.3, -0.25) is 19.4 Å². The zero-order chi connectivity index (χ0) is 21.4. The molecule has 10 heteroatoms. The number of likely N-dealkylation sites (tertiary alicyclic amines) is 1. The first-order valence-corrected chi connectivity index (χ1v) is 11.8. The van der Waals surface area contributed by atoms with Gasteiger partial charge in [0, 0.05) is 17.4 Å². The smallest absolute Gasteiger partial charge is 0.543 e. The SMILES string of the molecule is CC[C@H](O)[C@@H]1C(=O)N2C(C(=O)[O-])=C(S[C@@H]3CCN(CC(=O)c4ccccc4)C3)S[C@H]12.[Na+]. The average molecular weight is 471 g/mol. The van der Waals surface area contributed by atoms with Crippen LogP contribution < -0.4 is 34.7 Å². The minimum Gasteiger partial charge on any atom is -0.543 e. The third kappa shape index (κ3) is 4.93. The van der Waals surface area contributed by atoms with E-state index in [9.17, 15) is 24.6 Å². The van der Waals surface area contributed by atoms with E-state index in [1.54, 1.807) is 19.1 Å². The Morgan fingerprint density at radius 3 is 2.68 bits per heavy atom. The molecule has 0 bridgehead atoms. The van der Waals surface area contributed by atoms with Crippen LogP contribution in [0.5, 0.6) is 0 Å². The summed E-state index contributed by atoms with van der Waals surface area (Å²) in [6.07, 6.45) is 0.498. The number of benzene rings is 1. The Kier molecular flexibility index (Phi) is 8.34. The van der Waals surface area contributed by atoms with E-state index in [4.69, 9.17) is 0 Å². The molecule has 0 unspecified atom stereocenters. The summed E-state index contributed by atoms with van der Waals surface area (Å²) in [7, 11) is 0. The van der Waals surface area contributed by atoms with Gasteiger partial charge in [-0.15, -0.1) is 11.8 Å². The molecule has 0 aromatic heterocycles. The molecule has 0 saturated carbocycles. The number of hydrogen-bond acceptors (Lipinski definition) is 8. The number of aliphatic hydroxyl groups is 1. The normalized spacial score (nSPS) is 26.3. The Morgan fingerprint density at radius 2 is 2.03 bits per heavy atom. The number of ketones is 1. The Bertz CT molecular complexity index is 897. The number of rotatable bonds is 8. The predicted molar refractivity (Wildman–Crippen MR) is 113 cm³/mol. The third-order valence-corrected chi connectivity index (χ3v) is 8.59. The number of carbonyl (C=O) groups is 3. The molecular weight excluding hydrogens is 447 g/mol. The van der Waals surface area contributed by atoms with Crippen LogP contribution >= 0.6 is 23.5 Å². The molecule has 1 amide bonds. The molecule has 3 heterocycles.